The summed E-state index contributed by atoms with van der Waals surface area (Å²) >= 11 is 0. The van der Waals surface area contributed by atoms with Gasteiger partial charge in [-0.3, -0.25) is 9.69 Å². The number of nitrogens with zero attached hydrogens (tertiary/aromatic N) is 2. The molecule has 19 heavy (non-hydrogen) atoms. The van der Waals surface area contributed by atoms with Crippen LogP contribution in [-0.2, 0) is 9.53 Å². The Morgan fingerprint density at radius 1 is 1.42 bits per heavy atom. The molecule has 0 radical (unpaired) electrons. The number of hydrogen-bond donors (Lipinski definition) is 1. The van der Waals surface area contributed by atoms with E-state index in [0.29, 0.717) is 6.42 Å². The molecule has 0 aromatic heterocycles. The van der Waals surface area contributed by atoms with E-state index in [1.165, 1.54) is 39.2 Å². The first-order valence-electron chi connectivity index (χ1n) is 7.28. The third-order valence-electron chi connectivity index (χ3n) is 4.41. The first kappa shape index (κ1) is 14.2. The fourth-order valence-corrected chi connectivity index (χ4v) is 3.27. The SMILES string of the molecule is COC(=O)[C@@H]1CC(=[N+]=N)CCN1CC1CCCCC1. The molecule has 1 aliphatic carbocycles. The monoisotopic (exact) mass is 266 g/mol. The van der Waals surface area contributed by atoms with Crippen molar-refractivity contribution in [2.24, 2.45) is 5.92 Å². The highest BCUT2D eigenvalue weighted by molar-refractivity contribution is 5.88. The van der Waals surface area contributed by atoms with Crippen molar-refractivity contribution in [2.45, 2.75) is 51.0 Å². The minimum absolute atomic E-state index is 0.184. The van der Waals surface area contributed by atoms with Crippen LogP contribution < -0.4 is 0 Å². The maximum absolute atomic E-state index is 11.9. The zero-order valence-electron chi connectivity index (χ0n) is 11.7. The molecule has 0 unspecified atom stereocenters. The number of esters is 1. The molecule has 2 fully saturated rings. The Kier molecular flexibility index (Phi) is 5.11. The normalized spacial score (nSPS) is 25.9. The van der Waals surface area contributed by atoms with Gasteiger partial charge >= 0.3 is 11.7 Å². The van der Waals surface area contributed by atoms with Crippen LogP contribution in [-0.4, -0.2) is 47.6 Å². The summed E-state index contributed by atoms with van der Waals surface area (Å²) in [5.74, 6) is 0.534. The van der Waals surface area contributed by atoms with E-state index in [1.807, 2.05) is 0 Å². The van der Waals surface area contributed by atoms with Gasteiger partial charge in [0.2, 0.25) is 0 Å². The Balaban J connectivity index is 1.99. The van der Waals surface area contributed by atoms with Crippen LogP contribution in [0.25, 0.3) is 0 Å². The second-order valence-corrected chi connectivity index (χ2v) is 5.67. The lowest BCUT2D eigenvalue weighted by molar-refractivity contribution is -0.151. The molecule has 0 aromatic carbocycles. The number of piperidine rings is 1. The molecule has 1 heterocycles. The lowest BCUT2D eigenvalue weighted by Gasteiger charge is -2.35. The molecule has 1 aliphatic heterocycles. The fourth-order valence-electron chi connectivity index (χ4n) is 3.27. The molecule has 1 saturated heterocycles. The van der Waals surface area contributed by atoms with Gasteiger partial charge in [-0.05, 0) is 18.8 Å². The topological polar surface area (TPSA) is 67.5 Å². The molecule has 0 aromatic rings. The average molecular weight is 266 g/mol. The van der Waals surface area contributed by atoms with Gasteiger partial charge in [0.1, 0.15) is 6.04 Å². The highest BCUT2D eigenvalue weighted by Crippen LogP contribution is 2.26. The molecule has 0 bridgehead atoms. The van der Waals surface area contributed by atoms with Crippen molar-refractivity contribution in [1.29, 1.82) is 5.53 Å². The summed E-state index contributed by atoms with van der Waals surface area (Å²) in [5.41, 5.74) is 7.94. The van der Waals surface area contributed by atoms with Gasteiger partial charge in [0.25, 0.3) is 0 Å². The van der Waals surface area contributed by atoms with Crippen LogP contribution in [0.1, 0.15) is 44.9 Å². The standard InChI is InChI=1S/C14H24N3O2/c1-19-14(18)13-9-12(16-15)7-8-17(13)10-11-5-3-2-4-6-11/h11,13,15H,2-10H2,1H3/q+1/t13-/m0/s1. The molecular formula is C14H24N3O2+. The predicted molar refractivity (Wildman–Crippen MR) is 71.2 cm³/mol. The molecule has 1 atom stereocenters. The smallest absolute Gasteiger partial charge is 0.323 e. The van der Waals surface area contributed by atoms with E-state index in [1.54, 1.807) is 0 Å². The molecule has 5 nitrogen and oxygen atoms in total. The van der Waals surface area contributed by atoms with E-state index >= 15 is 0 Å². The Morgan fingerprint density at radius 3 is 2.79 bits per heavy atom. The minimum Gasteiger partial charge on any atom is -0.468 e. The third kappa shape index (κ3) is 3.64. The van der Waals surface area contributed by atoms with E-state index in [0.717, 1.165) is 31.1 Å². The van der Waals surface area contributed by atoms with Gasteiger partial charge in [0.05, 0.1) is 25.5 Å². The van der Waals surface area contributed by atoms with Crippen LogP contribution in [0.4, 0.5) is 0 Å². The number of likely N-dealkylation sites (tertiary alicyclic amines) is 1. The lowest BCUT2D eigenvalue weighted by atomic mass is 9.87. The highest BCUT2D eigenvalue weighted by atomic mass is 16.5. The number of carbonyl (C=O) groups excluding carboxylic acids is 1. The summed E-state index contributed by atoms with van der Waals surface area (Å²) in [5, 5.41) is 0. The van der Waals surface area contributed by atoms with Gasteiger partial charge < -0.3 is 4.74 Å². The first-order chi connectivity index (χ1) is 9.24. The third-order valence-corrected chi connectivity index (χ3v) is 4.41. The summed E-state index contributed by atoms with van der Waals surface area (Å²) in [6.45, 7) is 1.82. The maximum atomic E-state index is 11.9. The number of carbonyl (C=O) groups is 1. The largest absolute Gasteiger partial charge is 0.468 e. The molecule has 0 amide bonds. The highest BCUT2D eigenvalue weighted by Gasteiger charge is 2.37. The van der Waals surface area contributed by atoms with E-state index in [4.69, 9.17) is 10.3 Å². The molecular weight excluding hydrogens is 242 g/mol. The molecule has 1 saturated carbocycles. The molecule has 2 aliphatic rings. The van der Waals surface area contributed by atoms with Gasteiger partial charge in [-0.25, -0.2) is 0 Å². The van der Waals surface area contributed by atoms with Crippen molar-refractivity contribution in [2.75, 3.05) is 20.2 Å². The molecule has 5 heteroatoms. The van der Waals surface area contributed by atoms with Gasteiger partial charge in [0.15, 0.2) is 0 Å². The van der Waals surface area contributed by atoms with Crippen molar-refractivity contribution < 1.29 is 14.3 Å². The Labute approximate surface area is 114 Å². The van der Waals surface area contributed by atoms with Crippen molar-refractivity contribution in [3.05, 3.63) is 0 Å². The van der Waals surface area contributed by atoms with Crippen LogP contribution in [0, 0.1) is 11.4 Å². The fraction of sp³-hybridized carbons (Fsp3) is 0.857. The van der Waals surface area contributed by atoms with E-state index in [9.17, 15) is 4.79 Å². The number of hydrogen-bond acceptors (Lipinski definition) is 4. The Hall–Kier alpha value is -1.19. The summed E-state index contributed by atoms with van der Waals surface area (Å²) in [6.07, 6.45) is 7.93. The van der Waals surface area contributed by atoms with Crippen molar-refractivity contribution in [3.8, 4) is 0 Å². The summed E-state index contributed by atoms with van der Waals surface area (Å²) in [4.78, 5) is 17.7. The van der Waals surface area contributed by atoms with Gasteiger partial charge in [-0.15, -0.1) is 0 Å². The summed E-state index contributed by atoms with van der Waals surface area (Å²) < 4.78 is 4.91. The molecule has 0 spiro atoms. The molecule has 106 valence electrons. The minimum atomic E-state index is -0.232. The van der Waals surface area contributed by atoms with Crippen LogP contribution in [0.15, 0.2) is 0 Å². The van der Waals surface area contributed by atoms with E-state index in [-0.39, 0.29) is 12.0 Å². The van der Waals surface area contributed by atoms with Crippen LogP contribution in [0.5, 0.6) is 0 Å². The summed E-state index contributed by atoms with van der Waals surface area (Å²) in [7, 11) is 1.44. The van der Waals surface area contributed by atoms with Gasteiger partial charge in [-0.1, -0.05) is 19.3 Å². The average Bonchev–Trinajstić information content (AvgIpc) is 2.48. The number of rotatable bonds is 3. The quantitative estimate of drug-likeness (QED) is 0.482. The van der Waals surface area contributed by atoms with Crippen LogP contribution in [0.3, 0.4) is 0 Å². The molecule has 2 rings (SSSR count). The summed E-state index contributed by atoms with van der Waals surface area (Å²) in [6, 6.07) is -0.232. The zero-order chi connectivity index (χ0) is 13.7. The van der Waals surface area contributed by atoms with Crippen molar-refractivity contribution >= 4 is 11.7 Å². The molecule has 1 N–H and O–H groups in total. The zero-order valence-corrected chi connectivity index (χ0v) is 11.7. The number of ether oxygens (including phenoxy) is 1. The van der Waals surface area contributed by atoms with Crippen molar-refractivity contribution in [1.82, 2.24) is 4.90 Å². The number of methoxy groups -OCH3 is 1. The van der Waals surface area contributed by atoms with Gasteiger partial charge in [0, 0.05) is 17.9 Å². The van der Waals surface area contributed by atoms with Crippen LogP contribution >= 0.6 is 0 Å². The number of nitrogens with one attached hydrogen (secondary N) is 1. The van der Waals surface area contributed by atoms with Gasteiger partial charge in [-0.2, -0.15) is 0 Å². The van der Waals surface area contributed by atoms with Crippen LogP contribution in [0.2, 0.25) is 0 Å². The first-order valence-corrected chi connectivity index (χ1v) is 7.28. The van der Waals surface area contributed by atoms with E-state index < -0.39 is 0 Å². The predicted octanol–water partition coefficient (Wildman–Crippen LogP) is 1.88. The van der Waals surface area contributed by atoms with E-state index in [2.05, 4.69) is 9.69 Å². The second kappa shape index (κ2) is 6.83. The Bertz CT molecular complexity index is 371. The lowest BCUT2D eigenvalue weighted by Crippen LogP contribution is -2.50. The van der Waals surface area contributed by atoms with Crippen molar-refractivity contribution in [3.63, 3.8) is 0 Å². The Morgan fingerprint density at radius 2 is 2.16 bits per heavy atom. The second-order valence-electron chi connectivity index (χ2n) is 5.67. The maximum Gasteiger partial charge on any atom is 0.323 e.